The summed E-state index contributed by atoms with van der Waals surface area (Å²) < 4.78 is 45.5. The highest BCUT2D eigenvalue weighted by Crippen LogP contribution is 2.25. The summed E-state index contributed by atoms with van der Waals surface area (Å²) in [6.45, 7) is 2.58. The van der Waals surface area contributed by atoms with E-state index < -0.39 is 26.3 Å². The molecule has 2 rings (SSSR count). The molecule has 0 aliphatic carbocycles. The summed E-state index contributed by atoms with van der Waals surface area (Å²) in [5, 5.41) is 0. The molecule has 1 atom stereocenters. The third kappa shape index (κ3) is 3.23. The van der Waals surface area contributed by atoms with Crippen LogP contribution in [0.1, 0.15) is 19.8 Å². The Labute approximate surface area is 112 Å². The molecule has 5 nitrogen and oxygen atoms in total. The fourth-order valence-electron chi connectivity index (χ4n) is 2.04. The summed E-state index contributed by atoms with van der Waals surface area (Å²) in [5.41, 5.74) is 5.06. The zero-order valence-corrected chi connectivity index (χ0v) is 11.5. The van der Waals surface area contributed by atoms with Gasteiger partial charge in [0.2, 0.25) is 10.0 Å². The Morgan fingerprint density at radius 2 is 2.26 bits per heavy atom. The molecule has 0 bridgehead atoms. The molecule has 1 aliphatic heterocycles. The highest BCUT2D eigenvalue weighted by Gasteiger charge is 2.32. The fourth-order valence-corrected chi connectivity index (χ4v) is 3.25. The average Bonchev–Trinajstić information content (AvgIpc) is 2.74. The smallest absolute Gasteiger partial charge is 0.243 e. The SMILES string of the molecule is CC1(CNS(=O)(=O)c2ccc(N)cc2F)CCCO1. The Balaban J connectivity index is 2.14. The number of nitrogen functional groups attached to an aromatic ring is 1. The molecule has 106 valence electrons. The maximum atomic E-state index is 13.6. The zero-order chi connectivity index (χ0) is 14.1. The van der Waals surface area contributed by atoms with E-state index in [0.717, 1.165) is 25.0 Å². The predicted molar refractivity (Wildman–Crippen MR) is 69.6 cm³/mol. The van der Waals surface area contributed by atoms with Crippen LogP contribution in [-0.4, -0.2) is 27.2 Å². The molecule has 1 fully saturated rings. The van der Waals surface area contributed by atoms with E-state index in [1.165, 1.54) is 6.07 Å². The van der Waals surface area contributed by atoms with E-state index >= 15 is 0 Å². The summed E-state index contributed by atoms with van der Waals surface area (Å²) in [6, 6.07) is 3.50. The van der Waals surface area contributed by atoms with Gasteiger partial charge in [-0.2, -0.15) is 0 Å². The van der Waals surface area contributed by atoms with Gasteiger partial charge in [0.15, 0.2) is 0 Å². The normalized spacial score (nSPS) is 23.7. The number of rotatable bonds is 4. The summed E-state index contributed by atoms with van der Waals surface area (Å²) >= 11 is 0. The lowest BCUT2D eigenvalue weighted by Gasteiger charge is -2.23. The van der Waals surface area contributed by atoms with Crippen molar-refractivity contribution in [1.29, 1.82) is 0 Å². The van der Waals surface area contributed by atoms with Gasteiger partial charge in [-0.15, -0.1) is 0 Å². The second-order valence-corrected chi connectivity index (χ2v) is 6.65. The molecule has 1 heterocycles. The minimum absolute atomic E-state index is 0.124. The quantitative estimate of drug-likeness (QED) is 0.817. The Kier molecular flexibility index (Phi) is 3.80. The molecule has 1 aromatic rings. The molecule has 19 heavy (non-hydrogen) atoms. The molecule has 1 unspecified atom stereocenters. The van der Waals surface area contributed by atoms with Gasteiger partial charge in [-0.05, 0) is 38.0 Å². The first-order valence-electron chi connectivity index (χ1n) is 6.01. The molecule has 0 radical (unpaired) electrons. The van der Waals surface area contributed by atoms with Crippen LogP contribution in [0.2, 0.25) is 0 Å². The minimum Gasteiger partial charge on any atom is -0.399 e. The van der Waals surface area contributed by atoms with Crippen LogP contribution in [0.4, 0.5) is 10.1 Å². The highest BCUT2D eigenvalue weighted by molar-refractivity contribution is 7.89. The number of hydrogen-bond donors (Lipinski definition) is 2. The summed E-state index contributed by atoms with van der Waals surface area (Å²) in [7, 11) is -3.89. The Morgan fingerprint density at radius 1 is 1.53 bits per heavy atom. The molecule has 1 aliphatic rings. The number of benzene rings is 1. The van der Waals surface area contributed by atoms with E-state index in [2.05, 4.69) is 4.72 Å². The molecular formula is C12H17FN2O3S. The predicted octanol–water partition coefficient (Wildman–Crippen LogP) is 1.26. The lowest BCUT2D eigenvalue weighted by atomic mass is 10.0. The van der Waals surface area contributed by atoms with Crippen molar-refractivity contribution in [1.82, 2.24) is 4.72 Å². The van der Waals surface area contributed by atoms with E-state index in [1.54, 1.807) is 0 Å². The molecular weight excluding hydrogens is 271 g/mol. The van der Waals surface area contributed by atoms with Gasteiger partial charge in [-0.1, -0.05) is 0 Å². The van der Waals surface area contributed by atoms with E-state index in [4.69, 9.17) is 10.5 Å². The van der Waals surface area contributed by atoms with Crippen molar-refractivity contribution in [2.45, 2.75) is 30.3 Å². The largest absolute Gasteiger partial charge is 0.399 e. The van der Waals surface area contributed by atoms with Crippen LogP contribution >= 0.6 is 0 Å². The van der Waals surface area contributed by atoms with Crippen LogP contribution in [0.5, 0.6) is 0 Å². The molecule has 0 spiro atoms. The maximum Gasteiger partial charge on any atom is 0.243 e. The third-order valence-electron chi connectivity index (χ3n) is 3.18. The third-order valence-corrected chi connectivity index (χ3v) is 4.62. The van der Waals surface area contributed by atoms with E-state index in [9.17, 15) is 12.8 Å². The minimum atomic E-state index is -3.89. The van der Waals surface area contributed by atoms with Crippen molar-refractivity contribution < 1.29 is 17.5 Å². The second kappa shape index (κ2) is 5.07. The van der Waals surface area contributed by atoms with Crippen LogP contribution < -0.4 is 10.5 Å². The topological polar surface area (TPSA) is 81.4 Å². The molecule has 0 saturated carbocycles. The first-order chi connectivity index (χ1) is 8.82. The van der Waals surface area contributed by atoms with Gasteiger partial charge < -0.3 is 10.5 Å². The Morgan fingerprint density at radius 3 is 2.84 bits per heavy atom. The first kappa shape index (κ1) is 14.2. The van der Waals surface area contributed by atoms with Gasteiger partial charge in [-0.3, -0.25) is 0 Å². The number of nitrogens with two attached hydrogens (primary N) is 1. The van der Waals surface area contributed by atoms with Crippen molar-refractivity contribution in [3.05, 3.63) is 24.0 Å². The van der Waals surface area contributed by atoms with Gasteiger partial charge in [0, 0.05) is 18.8 Å². The zero-order valence-electron chi connectivity index (χ0n) is 10.6. The number of hydrogen-bond acceptors (Lipinski definition) is 4. The summed E-state index contributed by atoms with van der Waals surface area (Å²) in [5.74, 6) is -0.856. The number of ether oxygens (including phenoxy) is 1. The highest BCUT2D eigenvalue weighted by atomic mass is 32.2. The summed E-state index contributed by atoms with van der Waals surface area (Å²) in [6.07, 6.45) is 1.67. The molecule has 1 saturated heterocycles. The molecule has 3 N–H and O–H groups in total. The lowest BCUT2D eigenvalue weighted by Crippen LogP contribution is -2.40. The Hall–Kier alpha value is -1.18. The van der Waals surface area contributed by atoms with Crippen LogP contribution in [0.3, 0.4) is 0 Å². The van der Waals surface area contributed by atoms with Crippen molar-refractivity contribution in [3.63, 3.8) is 0 Å². The van der Waals surface area contributed by atoms with E-state index in [1.807, 2.05) is 6.92 Å². The average molecular weight is 288 g/mol. The van der Waals surface area contributed by atoms with Crippen molar-refractivity contribution in [3.8, 4) is 0 Å². The monoisotopic (exact) mass is 288 g/mol. The first-order valence-corrected chi connectivity index (χ1v) is 7.49. The second-order valence-electron chi connectivity index (χ2n) is 4.92. The van der Waals surface area contributed by atoms with Crippen LogP contribution in [0.15, 0.2) is 23.1 Å². The molecule has 1 aromatic carbocycles. The number of sulfonamides is 1. The molecule has 7 heteroatoms. The fraction of sp³-hybridized carbons (Fsp3) is 0.500. The van der Waals surface area contributed by atoms with Crippen molar-refractivity contribution in [2.24, 2.45) is 0 Å². The standard InChI is InChI=1S/C12H17FN2O3S/c1-12(5-2-6-18-12)8-15-19(16,17)11-4-3-9(14)7-10(11)13/h3-4,7,15H,2,5-6,8,14H2,1H3. The Bertz CT molecular complexity index is 568. The van der Waals surface area contributed by atoms with Gasteiger partial charge in [0.25, 0.3) is 0 Å². The van der Waals surface area contributed by atoms with Gasteiger partial charge in [-0.25, -0.2) is 17.5 Å². The molecule has 0 amide bonds. The number of nitrogens with one attached hydrogen (secondary N) is 1. The molecule has 0 aromatic heterocycles. The van der Waals surface area contributed by atoms with Crippen LogP contribution in [0.25, 0.3) is 0 Å². The lowest BCUT2D eigenvalue weighted by molar-refractivity contribution is 0.0250. The maximum absolute atomic E-state index is 13.6. The summed E-state index contributed by atoms with van der Waals surface area (Å²) in [4.78, 5) is -0.400. The van der Waals surface area contributed by atoms with Gasteiger partial charge >= 0.3 is 0 Å². The van der Waals surface area contributed by atoms with Crippen LogP contribution in [0, 0.1) is 5.82 Å². The van der Waals surface area contributed by atoms with Gasteiger partial charge in [0.05, 0.1) is 5.60 Å². The van der Waals surface area contributed by atoms with Gasteiger partial charge in [0.1, 0.15) is 10.7 Å². The number of anilines is 1. The van der Waals surface area contributed by atoms with Crippen molar-refractivity contribution >= 4 is 15.7 Å². The van der Waals surface area contributed by atoms with Crippen molar-refractivity contribution in [2.75, 3.05) is 18.9 Å². The van der Waals surface area contributed by atoms with Crippen LogP contribution in [-0.2, 0) is 14.8 Å². The number of halogens is 1. The van der Waals surface area contributed by atoms with E-state index in [-0.39, 0.29) is 12.2 Å². The van der Waals surface area contributed by atoms with E-state index in [0.29, 0.717) is 6.61 Å².